The maximum atomic E-state index is 11.0. The van der Waals surface area contributed by atoms with Gasteiger partial charge >= 0.3 is 5.97 Å². The quantitative estimate of drug-likeness (QED) is 0.585. The highest BCUT2D eigenvalue weighted by Gasteiger charge is 2.08. The highest BCUT2D eigenvalue weighted by atomic mass is 35.5. The Morgan fingerprint density at radius 1 is 1.12 bits per heavy atom. The summed E-state index contributed by atoms with van der Waals surface area (Å²) in [5.41, 5.74) is 1.04. The van der Waals surface area contributed by atoms with Gasteiger partial charge in [0.1, 0.15) is 11.5 Å². The summed E-state index contributed by atoms with van der Waals surface area (Å²) >= 11 is 0. The SMILES string of the molecule is CCNCCCNCc1ccc(-c2cccc(C(=O)O)c2)o1.Cl.Cl. The normalized spacial score (nSPS) is 9.88. The van der Waals surface area contributed by atoms with E-state index in [1.54, 1.807) is 18.2 Å². The first-order valence-electron chi connectivity index (χ1n) is 7.54. The van der Waals surface area contributed by atoms with E-state index in [1.807, 2.05) is 18.2 Å². The van der Waals surface area contributed by atoms with E-state index in [-0.39, 0.29) is 30.4 Å². The average Bonchev–Trinajstić information content (AvgIpc) is 3.00. The van der Waals surface area contributed by atoms with Crippen LogP contribution in [0.15, 0.2) is 40.8 Å². The molecule has 1 heterocycles. The van der Waals surface area contributed by atoms with Crippen molar-refractivity contribution in [2.24, 2.45) is 0 Å². The van der Waals surface area contributed by atoms with Gasteiger partial charge in [-0.2, -0.15) is 0 Å². The molecular formula is C17H24Cl2N2O3. The first kappa shape index (κ1) is 22.5. The fourth-order valence-corrected chi connectivity index (χ4v) is 2.16. The smallest absolute Gasteiger partial charge is 0.335 e. The molecule has 0 radical (unpaired) electrons. The summed E-state index contributed by atoms with van der Waals surface area (Å²) in [6.07, 6.45) is 1.07. The molecule has 0 saturated heterocycles. The van der Waals surface area contributed by atoms with Gasteiger partial charge in [-0.1, -0.05) is 19.1 Å². The number of furan rings is 1. The van der Waals surface area contributed by atoms with Crippen LogP contribution in [0.5, 0.6) is 0 Å². The molecule has 0 amide bonds. The lowest BCUT2D eigenvalue weighted by Crippen LogP contribution is -2.21. The van der Waals surface area contributed by atoms with Crippen LogP contribution >= 0.6 is 24.8 Å². The number of hydrogen-bond donors (Lipinski definition) is 3. The third-order valence-corrected chi connectivity index (χ3v) is 3.31. The van der Waals surface area contributed by atoms with Gasteiger partial charge < -0.3 is 20.2 Å². The Balaban J connectivity index is 0.00000264. The second-order valence-corrected chi connectivity index (χ2v) is 5.04. The van der Waals surface area contributed by atoms with Crippen LogP contribution in [0.4, 0.5) is 0 Å². The van der Waals surface area contributed by atoms with Crippen LogP contribution in [0.2, 0.25) is 0 Å². The number of nitrogens with one attached hydrogen (secondary N) is 2. The monoisotopic (exact) mass is 374 g/mol. The Morgan fingerprint density at radius 2 is 1.88 bits per heavy atom. The third-order valence-electron chi connectivity index (χ3n) is 3.31. The molecule has 2 rings (SSSR count). The molecule has 2 aromatic rings. The van der Waals surface area contributed by atoms with Crippen LogP contribution in [0.1, 0.15) is 29.5 Å². The predicted molar refractivity (Wildman–Crippen MR) is 100 cm³/mol. The summed E-state index contributed by atoms with van der Waals surface area (Å²) in [5.74, 6) is 0.600. The average molecular weight is 375 g/mol. The summed E-state index contributed by atoms with van der Waals surface area (Å²) in [7, 11) is 0. The maximum Gasteiger partial charge on any atom is 0.335 e. The lowest BCUT2D eigenvalue weighted by atomic mass is 10.1. The van der Waals surface area contributed by atoms with Crippen molar-refractivity contribution in [2.45, 2.75) is 19.9 Å². The van der Waals surface area contributed by atoms with Crippen molar-refractivity contribution in [1.82, 2.24) is 10.6 Å². The van der Waals surface area contributed by atoms with E-state index in [4.69, 9.17) is 9.52 Å². The van der Waals surface area contributed by atoms with Crippen molar-refractivity contribution in [3.8, 4) is 11.3 Å². The van der Waals surface area contributed by atoms with E-state index in [9.17, 15) is 4.79 Å². The molecule has 5 nitrogen and oxygen atoms in total. The van der Waals surface area contributed by atoms with Gasteiger partial charge in [-0.15, -0.1) is 24.8 Å². The molecule has 24 heavy (non-hydrogen) atoms. The number of benzene rings is 1. The van der Waals surface area contributed by atoms with Crippen molar-refractivity contribution in [3.63, 3.8) is 0 Å². The highest BCUT2D eigenvalue weighted by molar-refractivity contribution is 5.89. The van der Waals surface area contributed by atoms with Gasteiger partial charge in [0.2, 0.25) is 0 Å². The van der Waals surface area contributed by atoms with Gasteiger partial charge in [-0.3, -0.25) is 0 Å². The molecule has 0 fully saturated rings. The van der Waals surface area contributed by atoms with Crippen molar-refractivity contribution >= 4 is 30.8 Å². The molecule has 0 saturated carbocycles. The standard InChI is InChI=1S/C17H22N2O3.2ClH/c1-2-18-9-4-10-19-12-15-7-8-16(22-15)13-5-3-6-14(11-13)17(20)21;;/h3,5-8,11,18-19H,2,4,9-10,12H2,1H3,(H,20,21);2*1H. The van der Waals surface area contributed by atoms with E-state index in [0.29, 0.717) is 12.3 Å². The number of carboxylic acid groups (broad SMARTS) is 1. The lowest BCUT2D eigenvalue weighted by molar-refractivity contribution is 0.0697. The zero-order valence-corrected chi connectivity index (χ0v) is 15.2. The van der Waals surface area contributed by atoms with E-state index in [2.05, 4.69) is 17.6 Å². The molecule has 0 bridgehead atoms. The van der Waals surface area contributed by atoms with Gasteiger partial charge in [0.05, 0.1) is 12.1 Å². The number of carbonyl (C=O) groups is 1. The number of aromatic carboxylic acids is 1. The van der Waals surface area contributed by atoms with Gasteiger partial charge in [0, 0.05) is 5.56 Å². The summed E-state index contributed by atoms with van der Waals surface area (Å²) in [5, 5.41) is 15.6. The second-order valence-electron chi connectivity index (χ2n) is 5.04. The van der Waals surface area contributed by atoms with Gasteiger partial charge in [-0.25, -0.2) is 4.79 Å². The largest absolute Gasteiger partial charge is 0.478 e. The highest BCUT2D eigenvalue weighted by Crippen LogP contribution is 2.23. The van der Waals surface area contributed by atoms with E-state index < -0.39 is 5.97 Å². The number of hydrogen-bond acceptors (Lipinski definition) is 4. The minimum absolute atomic E-state index is 0. The van der Waals surface area contributed by atoms with Crippen LogP contribution in [0, 0.1) is 0 Å². The van der Waals surface area contributed by atoms with Crippen molar-refractivity contribution in [1.29, 1.82) is 0 Å². The Morgan fingerprint density at radius 3 is 2.58 bits per heavy atom. The lowest BCUT2D eigenvalue weighted by Gasteiger charge is -2.03. The van der Waals surface area contributed by atoms with Gasteiger partial charge in [-0.05, 0) is 50.3 Å². The van der Waals surface area contributed by atoms with Crippen molar-refractivity contribution < 1.29 is 14.3 Å². The minimum Gasteiger partial charge on any atom is -0.478 e. The second kappa shape index (κ2) is 11.9. The van der Waals surface area contributed by atoms with Crippen LogP contribution in [0.3, 0.4) is 0 Å². The van der Waals surface area contributed by atoms with Gasteiger partial charge in [0.25, 0.3) is 0 Å². The van der Waals surface area contributed by atoms with Gasteiger partial charge in [0.15, 0.2) is 0 Å². The molecule has 0 spiro atoms. The molecule has 3 N–H and O–H groups in total. The van der Waals surface area contributed by atoms with Crippen LogP contribution < -0.4 is 10.6 Å². The number of rotatable bonds is 9. The zero-order chi connectivity index (χ0) is 15.8. The molecule has 0 atom stereocenters. The van der Waals surface area contributed by atoms with Crippen molar-refractivity contribution in [3.05, 3.63) is 47.7 Å². The Labute approximate surface area is 154 Å². The molecule has 0 aliphatic rings. The first-order valence-corrected chi connectivity index (χ1v) is 7.54. The Hall–Kier alpha value is -1.53. The molecular weight excluding hydrogens is 351 g/mol. The molecule has 0 aliphatic carbocycles. The summed E-state index contributed by atoms with van der Waals surface area (Å²) in [4.78, 5) is 11.0. The number of carboxylic acids is 1. The van der Waals surface area contributed by atoms with Crippen LogP contribution in [0.25, 0.3) is 11.3 Å². The molecule has 0 aliphatic heterocycles. The number of halogens is 2. The van der Waals surface area contributed by atoms with E-state index in [0.717, 1.165) is 37.4 Å². The molecule has 1 aromatic heterocycles. The fourth-order valence-electron chi connectivity index (χ4n) is 2.16. The summed E-state index contributed by atoms with van der Waals surface area (Å²) in [6, 6.07) is 10.5. The van der Waals surface area contributed by atoms with Crippen LogP contribution in [-0.4, -0.2) is 30.7 Å². The van der Waals surface area contributed by atoms with E-state index >= 15 is 0 Å². The molecule has 134 valence electrons. The molecule has 0 unspecified atom stereocenters. The molecule has 1 aromatic carbocycles. The maximum absolute atomic E-state index is 11.0. The first-order chi connectivity index (χ1) is 10.7. The zero-order valence-electron chi connectivity index (χ0n) is 13.6. The Kier molecular flexibility index (Phi) is 11.2. The third kappa shape index (κ3) is 6.93. The fraction of sp³-hybridized carbons (Fsp3) is 0.353. The molecule has 7 heteroatoms. The Bertz CT molecular complexity index is 617. The topological polar surface area (TPSA) is 74.5 Å². The van der Waals surface area contributed by atoms with Crippen molar-refractivity contribution in [2.75, 3.05) is 19.6 Å². The summed E-state index contributed by atoms with van der Waals surface area (Å²) < 4.78 is 5.76. The summed E-state index contributed by atoms with van der Waals surface area (Å²) in [6.45, 7) is 5.70. The van der Waals surface area contributed by atoms with Crippen LogP contribution in [-0.2, 0) is 6.54 Å². The minimum atomic E-state index is -0.934. The predicted octanol–water partition coefficient (Wildman–Crippen LogP) is 3.58. The van der Waals surface area contributed by atoms with E-state index in [1.165, 1.54) is 0 Å².